The van der Waals surface area contributed by atoms with Crippen LogP contribution in [0.4, 0.5) is 0 Å². The molecule has 1 aliphatic rings. The van der Waals surface area contributed by atoms with E-state index in [2.05, 4.69) is 16.9 Å². The maximum atomic E-state index is 12.9. The summed E-state index contributed by atoms with van der Waals surface area (Å²) >= 11 is 0. The first kappa shape index (κ1) is 26.2. The van der Waals surface area contributed by atoms with Crippen LogP contribution in [-0.2, 0) is 16.0 Å². The van der Waals surface area contributed by atoms with Crippen LogP contribution in [0.25, 0.3) is 11.1 Å². The lowest BCUT2D eigenvalue weighted by Crippen LogP contribution is -2.47. The Morgan fingerprint density at radius 1 is 1.00 bits per heavy atom. The van der Waals surface area contributed by atoms with Gasteiger partial charge in [-0.15, -0.1) is 0 Å². The summed E-state index contributed by atoms with van der Waals surface area (Å²) in [4.78, 5) is 32.4. The molecule has 2 amide bonds. The van der Waals surface area contributed by atoms with Gasteiger partial charge in [0.1, 0.15) is 5.75 Å². The summed E-state index contributed by atoms with van der Waals surface area (Å²) in [7, 11) is 3.73. The molecular formula is C26H35N5O4. The summed E-state index contributed by atoms with van der Waals surface area (Å²) in [6.07, 6.45) is 1.44. The lowest BCUT2D eigenvalue weighted by molar-refractivity contribution is -0.117. The van der Waals surface area contributed by atoms with Gasteiger partial charge in [-0.25, -0.2) is 0 Å². The van der Waals surface area contributed by atoms with Crippen molar-refractivity contribution in [1.29, 1.82) is 0 Å². The number of rotatable bonds is 10. The van der Waals surface area contributed by atoms with Crippen LogP contribution >= 0.6 is 0 Å². The highest BCUT2D eigenvalue weighted by molar-refractivity contribution is 5.95. The second-order valence-electron chi connectivity index (χ2n) is 8.63. The number of methoxy groups -OCH3 is 1. The van der Waals surface area contributed by atoms with Crippen LogP contribution < -0.4 is 16.2 Å². The van der Waals surface area contributed by atoms with Crippen molar-refractivity contribution in [1.82, 2.24) is 9.80 Å². The van der Waals surface area contributed by atoms with Crippen LogP contribution in [0, 0.1) is 0 Å². The maximum Gasteiger partial charge on any atom is 0.253 e. The van der Waals surface area contributed by atoms with Gasteiger partial charge in [0.2, 0.25) is 5.91 Å². The number of benzene rings is 2. The average molecular weight is 482 g/mol. The van der Waals surface area contributed by atoms with E-state index in [0.717, 1.165) is 49.3 Å². The smallest absolute Gasteiger partial charge is 0.253 e. The molecule has 35 heavy (non-hydrogen) atoms. The van der Waals surface area contributed by atoms with Crippen molar-refractivity contribution in [2.45, 2.75) is 19.3 Å². The third kappa shape index (κ3) is 7.80. The minimum Gasteiger partial charge on any atom is -0.493 e. The Labute approximate surface area is 206 Å². The number of nitrogens with zero attached hydrogens (tertiary/aromatic N) is 3. The molecule has 1 heterocycles. The summed E-state index contributed by atoms with van der Waals surface area (Å²) in [5, 5.41) is 0. The molecule has 0 atom stereocenters. The highest BCUT2D eigenvalue weighted by Gasteiger charge is 2.20. The molecule has 0 radical (unpaired) electrons. The van der Waals surface area contributed by atoms with Crippen molar-refractivity contribution in [2.24, 2.45) is 16.5 Å². The van der Waals surface area contributed by atoms with Gasteiger partial charge in [0.25, 0.3) is 5.91 Å². The van der Waals surface area contributed by atoms with E-state index in [1.807, 2.05) is 47.4 Å². The van der Waals surface area contributed by atoms with Crippen LogP contribution in [0.5, 0.6) is 5.75 Å². The van der Waals surface area contributed by atoms with Crippen molar-refractivity contribution >= 4 is 17.8 Å². The zero-order chi connectivity index (χ0) is 25.2. The van der Waals surface area contributed by atoms with Crippen molar-refractivity contribution < 1.29 is 19.1 Å². The van der Waals surface area contributed by atoms with E-state index in [1.54, 1.807) is 7.11 Å². The number of carbonyl (C=O) groups excluding carboxylic acids is 2. The SMILES string of the molecule is COCCCOc1cc(CCC(=O)N=C(N)N)ccc1-c1ccc(C(=O)N2CCN(C)CC2)cc1. The minimum absolute atomic E-state index is 0.0569. The molecule has 9 nitrogen and oxygen atoms in total. The molecule has 0 bridgehead atoms. The Balaban J connectivity index is 1.76. The Hall–Kier alpha value is -3.43. The van der Waals surface area contributed by atoms with Crippen molar-refractivity contribution in [3.8, 4) is 16.9 Å². The molecule has 1 saturated heterocycles. The standard InChI is InChI=1S/C26H35N5O4/c1-30-12-14-31(15-13-30)25(33)21-8-6-20(7-9-21)22-10-4-19(5-11-24(32)29-26(27)28)18-23(22)35-17-3-16-34-2/h4,6-10,18H,3,5,11-17H2,1-2H3,(H4,27,28,29,32). The second-order valence-corrected chi connectivity index (χ2v) is 8.63. The van der Waals surface area contributed by atoms with E-state index < -0.39 is 0 Å². The van der Waals surface area contributed by atoms with E-state index in [0.29, 0.717) is 30.9 Å². The first-order valence-corrected chi connectivity index (χ1v) is 11.8. The predicted octanol–water partition coefficient (Wildman–Crippen LogP) is 1.89. The van der Waals surface area contributed by atoms with E-state index in [4.69, 9.17) is 20.9 Å². The van der Waals surface area contributed by atoms with Gasteiger partial charge < -0.3 is 30.7 Å². The Morgan fingerprint density at radius 2 is 1.71 bits per heavy atom. The number of carbonyl (C=O) groups is 2. The number of hydrogen-bond donors (Lipinski definition) is 2. The Morgan fingerprint density at radius 3 is 2.37 bits per heavy atom. The van der Waals surface area contributed by atoms with Crippen LogP contribution in [0.3, 0.4) is 0 Å². The summed E-state index contributed by atoms with van der Waals surface area (Å²) in [6.45, 7) is 4.35. The number of aliphatic imine (C=N–C) groups is 1. The molecule has 2 aromatic carbocycles. The van der Waals surface area contributed by atoms with Gasteiger partial charge in [0.15, 0.2) is 5.96 Å². The van der Waals surface area contributed by atoms with Crippen LogP contribution in [-0.4, -0.2) is 81.1 Å². The predicted molar refractivity (Wildman–Crippen MR) is 136 cm³/mol. The fourth-order valence-electron chi connectivity index (χ4n) is 3.90. The average Bonchev–Trinajstić information content (AvgIpc) is 2.85. The molecular weight excluding hydrogens is 446 g/mol. The molecule has 188 valence electrons. The first-order chi connectivity index (χ1) is 16.9. The Bertz CT molecular complexity index is 1030. The lowest BCUT2D eigenvalue weighted by atomic mass is 9.99. The molecule has 3 rings (SSSR count). The number of amides is 2. The molecule has 9 heteroatoms. The molecule has 1 aliphatic heterocycles. The molecule has 2 aromatic rings. The monoisotopic (exact) mass is 481 g/mol. The van der Waals surface area contributed by atoms with E-state index in [-0.39, 0.29) is 24.2 Å². The van der Waals surface area contributed by atoms with Crippen LogP contribution in [0.1, 0.15) is 28.8 Å². The fraction of sp³-hybridized carbons (Fsp3) is 0.423. The Kier molecular flexibility index (Phi) is 9.63. The zero-order valence-corrected chi connectivity index (χ0v) is 20.5. The van der Waals surface area contributed by atoms with E-state index in [9.17, 15) is 9.59 Å². The molecule has 4 N–H and O–H groups in total. The molecule has 0 unspecified atom stereocenters. The molecule has 0 aliphatic carbocycles. The third-order valence-electron chi connectivity index (χ3n) is 5.91. The highest BCUT2D eigenvalue weighted by Crippen LogP contribution is 2.32. The van der Waals surface area contributed by atoms with Crippen molar-refractivity contribution in [2.75, 3.05) is 53.6 Å². The van der Waals surface area contributed by atoms with E-state index >= 15 is 0 Å². The van der Waals surface area contributed by atoms with Crippen molar-refractivity contribution in [3.63, 3.8) is 0 Å². The molecule has 0 spiro atoms. The number of ether oxygens (including phenoxy) is 2. The number of hydrogen-bond acceptors (Lipinski definition) is 5. The van der Waals surface area contributed by atoms with Crippen LogP contribution in [0.2, 0.25) is 0 Å². The van der Waals surface area contributed by atoms with Gasteiger partial charge in [0, 0.05) is 63.9 Å². The number of guanidine groups is 1. The molecule has 1 fully saturated rings. The van der Waals surface area contributed by atoms with Gasteiger partial charge in [-0.05, 0) is 42.8 Å². The fourth-order valence-corrected chi connectivity index (χ4v) is 3.90. The van der Waals surface area contributed by atoms with Crippen molar-refractivity contribution in [3.05, 3.63) is 53.6 Å². The lowest BCUT2D eigenvalue weighted by Gasteiger charge is -2.32. The summed E-state index contributed by atoms with van der Waals surface area (Å²) in [6, 6.07) is 13.5. The number of aryl methyl sites for hydroxylation is 1. The van der Waals surface area contributed by atoms with Gasteiger partial charge in [0.05, 0.1) is 6.61 Å². The van der Waals surface area contributed by atoms with Gasteiger partial charge in [-0.3, -0.25) is 9.59 Å². The number of nitrogens with two attached hydrogens (primary N) is 2. The second kappa shape index (κ2) is 12.9. The highest BCUT2D eigenvalue weighted by atomic mass is 16.5. The maximum absolute atomic E-state index is 12.9. The molecule has 0 saturated carbocycles. The largest absolute Gasteiger partial charge is 0.493 e. The first-order valence-electron chi connectivity index (χ1n) is 11.8. The normalized spacial score (nSPS) is 13.9. The van der Waals surface area contributed by atoms with Gasteiger partial charge >= 0.3 is 0 Å². The third-order valence-corrected chi connectivity index (χ3v) is 5.91. The van der Waals surface area contributed by atoms with Gasteiger partial charge in [-0.2, -0.15) is 4.99 Å². The summed E-state index contributed by atoms with van der Waals surface area (Å²) in [5.74, 6) is 0.173. The quantitative estimate of drug-likeness (QED) is 0.302. The minimum atomic E-state index is -0.364. The summed E-state index contributed by atoms with van der Waals surface area (Å²) < 4.78 is 11.2. The zero-order valence-electron chi connectivity index (χ0n) is 20.5. The van der Waals surface area contributed by atoms with Crippen LogP contribution in [0.15, 0.2) is 47.5 Å². The molecule has 0 aromatic heterocycles. The van der Waals surface area contributed by atoms with E-state index in [1.165, 1.54) is 0 Å². The number of piperazine rings is 1. The number of likely N-dealkylation sites (N-methyl/N-ethyl adjacent to an activating group) is 1. The summed E-state index contributed by atoms with van der Waals surface area (Å²) in [5.41, 5.74) is 14.0. The topological polar surface area (TPSA) is 123 Å². The van der Waals surface area contributed by atoms with Gasteiger partial charge in [-0.1, -0.05) is 24.3 Å².